The largest absolute Gasteiger partial charge is 0.468 e. The van der Waals surface area contributed by atoms with Gasteiger partial charge in [-0.3, -0.25) is 20.4 Å². The topological polar surface area (TPSA) is 375 Å². The van der Waals surface area contributed by atoms with Crippen LogP contribution in [0.15, 0.2) is 0 Å². The summed E-state index contributed by atoms with van der Waals surface area (Å²) in [5, 5.41) is 34.0. The number of hydrogen-bond donors (Lipinski definition) is 9. The highest BCUT2D eigenvalue weighted by Gasteiger charge is 2.21. The van der Waals surface area contributed by atoms with Gasteiger partial charge in [-0.15, -0.1) is 0 Å². The molecule has 0 bridgehead atoms. The monoisotopic (exact) mass is 564 g/mol. The molecule has 0 saturated carbocycles. The Labute approximate surface area is 209 Å². The zero-order chi connectivity index (χ0) is 29.9. The van der Waals surface area contributed by atoms with Crippen LogP contribution in [0.5, 0.6) is 0 Å². The number of hydrogen-bond acceptors (Lipinski definition) is 13. The molecular weight excluding hydrogens is 531 g/mol. The highest BCUT2D eigenvalue weighted by Crippen LogP contribution is 2.25. The van der Waals surface area contributed by atoms with Crippen molar-refractivity contribution in [2.45, 2.75) is 37.8 Å². The molecule has 2 atom stereocenters. The molecule has 216 valence electrons. The van der Waals surface area contributed by atoms with Crippen molar-refractivity contribution in [1.29, 1.82) is 10.8 Å². The van der Waals surface area contributed by atoms with Crippen LogP contribution in [0.25, 0.3) is 0 Å². The number of nitro groups is 2. The lowest BCUT2D eigenvalue weighted by Crippen LogP contribution is -2.42. The summed E-state index contributed by atoms with van der Waals surface area (Å²) in [6, 6.07) is -1.63. The molecule has 0 heterocycles. The van der Waals surface area contributed by atoms with Crippen molar-refractivity contribution < 1.29 is 48.4 Å². The molecule has 37 heavy (non-hydrogen) atoms. The number of nitrogens with zero attached hydrogens (tertiary/aromatic N) is 4. The predicted octanol–water partition coefficient (Wildman–Crippen LogP) is -3.62. The Morgan fingerprint density at radius 1 is 0.865 bits per heavy atom. The summed E-state index contributed by atoms with van der Waals surface area (Å²) < 4.78 is 17.7. The van der Waals surface area contributed by atoms with E-state index in [2.05, 4.69) is 9.47 Å². The SMILES string of the molecule is COC(=O)C(N)CCCN(C(=N)N)[N+](=O)[O-].COC(=O)C(N)CCCN(C(=N)N)[N+](=O)[O-].O=P(O)(O)O. The third kappa shape index (κ3) is 22.5. The van der Waals surface area contributed by atoms with Crippen LogP contribution in [0.2, 0.25) is 0 Å². The minimum absolute atomic E-state index is 0.0764. The summed E-state index contributed by atoms with van der Waals surface area (Å²) in [5.74, 6) is -2.46. The van der Waals surface area contributed by atoms with Gasteiger partial charge in [0.25, 0.3) is 11.9 Å². The number of nitrogens with two attached hydrogens (primary N) is 4. The second kappa shape index (κ2) is 19.5. The first kappa shape index (κ1) is 37.9. The van der Waals surface area contributed by atoms with E-state index in [0.29, 0.717) is 10.0 Å². The van der Waals surface area contributed by atoms with E-state index in [4.69, 9.17) is 53.0 Å². The van der Waals surface area contributed by atoms with Crippen molar-refractivity contribution in [2.24, 2.45) is 22.9 Å². The molecule has 0 saturated heterocycles. The summed E-state index contributed by atoms with van der Waals surface area (Å²) >= 11 is 0. The number of nitrogens with one attached hydrogen (secondary N) is 2. The molecule has 0 aromatic rings. The van der Waals surface area contributed by atoms with Crippen LogP contribution in [-0.4, -0.2) is 98.0 Å². The quantitative estimate of drug-likeness (QED) is 0.0275. The fourth-order valence-corrected chi connectivity index (χ4v) is 2.04. The first-order chi connectivity index (χ1) is 16.8. The third-order valence-electron chi connectivity index (χ3n) is 3.73. The number of hydrazine groups is 2. The van der Waals surface area contributed by atoms with E-state index in [1.807, 2.05) is 0 Å². The van der Waals surface area contributed by atoms with Crippen LogP contribution in [0.3, 0.4) is 0 Å². The van der Waals surface area contributed by atoms with E-state index in [1.165, 1.54) is 14.2 Å². The van der Waals surface area contributed by atoms with Crippen LogP contribution >= 0.6 is 7.82 Å². The normalized spacial score (nSPS) is 11.6. The molecule has 0 rings (SSSR count). The first-order valence-corrected chi connectivity index (χ1v) is 11.3. The summed E-state index contributed by atoms with van der Waals surface area (Å²) in [7, 11) is -2.22. The zero-order valence-corrected chi connectivity index (χ0v) is 20.9. The minimum Gasteiger partial charge on any atom is -0.468 e. The standard InChI is InChI=1S/2C7H15N5O4.H3O4P/c2*1-16-6(13)5(8)3-2-4-11(7(9)10)12(14)15;1-5(2,3)4/h2*5H,2-4,8H2,1H3,(H3,9,10);(H3,1,2,3,4). The molecule has 0 aliphatic carbocycles. The Morgan fingerprint density at radius 2 is 1.11 bits per heavy atom. The van der Waals surface area contributed by atoms with Gasteiger partial charge in [0.05, 0.1) is 27.3 Å². The van der Waals surface area contributed by atoms with Gasteiger partial charge in [-0.05, 0) is 25.7 Å². The number of guanidine groups is 2. The summed E-state index contributed by atoms with van der Waals surface area (Å²) in [4.78, 5) is 64.1. The van der Waals surface area contributed by atoms with Crippen molar-refractivity contribution in [3.05, 3.63) is 20.2 Å². The van der Waals surface area contributed by atoms with Gasteiger partial charge in [0, 0.05) is 0 Å². The lowest BCUT2D eigenvalue weighted by atomic mass is 10.2. The van der Waals surface area contributed by atoms with E-state index in [9.17, 15) is 29.8 Å². The van der Waals surface area contributed by atoms with E-state index in [0.717, 1.165) is 0 Å². The highest BCUT2D eigenvalue weighted by molar-refractivity contribution is 7.45. The van der Waals surface area contributed by atoms with Crippen molar-refractivity contribution in [3.63, 3.8) is 0 Å². The second-order valence-electron chi connectivity index (χ2n) is 6.55. The van der Waals surface area contributed by atoms with Crippen LogP contribution in [0, 0.1) is 31.0 Å². The fraction of sp³-hybridized carbons (Fsp3) is 0.714. The van der Waals surface area contributed by atoms with Crippen LogP contribution in [-0.2, 0) is 23.6 Å². The molecule has 22 nitrogen and oxygen atoms in total. The van der Waals surface area contributed by atoms with Crippen molar-refractivity contribution in [2.75, 3.05) is 27.3 Å². The zero-order valence-electron chi connectivity index (χ0n) is 20.0. The fourth-order valence-electron chi connectivity index (χ4n) is 2.04. The molecule has 13 N–H and O–H groups in total. The summed E-state index contributed by atoms with van der Waals surface area (Å²) in [6.45, 7) is -0.153. The smallest absolute Gasteiger partial charge is 0.466 e. The lowest BCUT2D eigenvalue weighted by molar-refractivity contribution is -0.629. The summed E-state index contributed by atoms with van der Waals surface area (Å²) in [5.41, 5.74) is 20.8. The van der Waals surface area contributed by atoms with Gasteiger partial charge < -0.3 is 47.1 Å². The van der Waals surface area contributed by atoms with Gasteiger partial charge in [0.2, 0.25) is 0 Å². The number of methoxy groups -OCH3 is 2. The number of esters is 2. The molecule has 0 aliphatic rings. The molecule has 0 aromatic heterocycles. The minimum atomic E-state index is -4.64. The van der Waals surface area contributed by atoms with Gasteiger partial charge in [-0.2, -0.15) is 0 Å². The van der Waals surface area contributed by atoms with Gasteiger partial charge >= 0.3 is 19.8 Å². The van der Waals surface area contributed by atoms with Gasteiger partial charge in [-0.25, -0.2) is 24.8 Å². The molecule has 2 unspecified atom stereocenters. The van der Waals surface area contributed by atoms with E-state index < -0.39 is 53.8 Å². The van der Waals surface area contributed by atoms with Gasteiger partial charge in [-0.1, -0.05) is 10.0 Å². The molecule has 23 heteroatoms. The first-order valence-electron chi connectivity index (χ1n) is 9.76. The number of rotatable bonds is 12. The van der Waals surface area contributed by atoms with Gasteiger partial charge in [0.15, 0.2) is 10.1 Å². The van der Waals surface area contributed by atoms with E-state index in [-0.39, 0.29) is 38.8 Å². The molecule has 0 radical (unpaired) electrons. The van der Waals surface area contributed by atoms with Crippen molar-refractivity contribution in [1.82, 2.24) is 10.0 Å². The Bertz CT molecular complexity index is 733. The number of phosphoric acid groups is 1. The maximum atomic E-state index is 10.9. The number of carbonyl (C=O) groups excluding carboxylic acids is 2. The van der Waals surface area contributed by atoms with Crippen molar-refractivity contribution >= 4 is 31.7 Å². The summed E-state index contributed by atoms with van der Waals surface area (Å²) in [6.07, 6.45) is 0.974. The van der Waals surface area contributed by atoms with E-state index >= 15 is 0 Å². The third-order valence-corrected chi connectivity index (χ3v) is 3.73. The van der Waals surface area contributed by atoms with Gasteiger partial charge in [0.1, 0.15) is 12.1 Å². The Morgan fingerprint density at radius 3 is 1.27 bits per heavy atom. The van der Waals surface area contributed by atoms with E-state index in [1.54, 1.807) is 0 Å². The Balaban J connectivity index is -0.000000528. The Hall–Kier alpha value is -3.69. The lowest BCUT2D eigenvalue weighted by Gasteiger charge is -2.13. The molecular formula is C14H33N10O12P. The molecule has 0 aromatic carbocycles. The molecule has 0 fully saturated rings. The molecule has 0 spiro atoms. The Kier molecular flexibility index (Phi) is 19.9. The van der Waals surface area contributed by atoms with Crippen molar-refractivity contribution in [3.8, 4) is 0 Å². The van der Waals surface area contributed by atoms with Crippen LogP contribution in [0.4, 0.5) is 0 Å². The van der Waals surface area contributed by atoms with Crippen LogP contribution < -0.4 is 22.9 Å². The molecule has 0 aliphatic heterocycles. The second-order valence-corrected chi connectivity index (χ2v) is 7.58. The maximum absolute atomic E-state index is 10.9. The maximum Gasteiger partial charge on any atom is 0.466 e. The average Bonchev–Trinajstić information content (AvgIpc) is 2.76. The highest BCUT2D eigenvalue weighted by atomic mass is 31.2. The average molecular weight is 564 g/mol. The number of carbonyl (C=O) groups is 2. The van der Waals surface area contributed by atoms with Crippen LogP contribution in [0.1, 0.15) is 25.7 Å². The predicted molar refractivity (Wildman–Crippen MR) is 124 cm³/mol. The molecule has 0 amide bonds. The number of ether oxygens (including phenoxy) is 2.